The van der Waals surface area contributed by atoms with Crippen LogP contribution in [-0.4, -0.2) is 15.0 Å². The Morgan fingerprint density at radius 3 is 2.67 bits per heavy atom. The summed E-state index contributed by atoms with van der Waals surface area (Å²) < 4.78 is 45.5. The van der Waals surface area contributed by atoms with Crippen molar-refractivity contribution in [3.8, 4) is 5.75 Å². The summed E-state index contributed by atoms with van der Waals surface area (Å²) in [5.74, 6) is 0.0510. The highest BCUT2D eigenvalue weighted by molar-refractivity contribution is 9.10. The first-order chi connectivity index (χ1) is 9.92. The van der Waals surface area contributed by atoms with Gasteiger partial charge in [-0.3, -0.25) is 4.72 Å². The third-order valence-corrected chi connectivity index (χ3v) is 4.94. The van der Waals surface area contributed by atoms with E-state index in [1.54, 1.807) is 24.3 Å². The lowest BCUT2D eigenvalue weighted by atomic mass is 10.3. The predicted molar refractivity (Wildman–Crippen MR) is 82.5 cm³/mol. The average Bonchev–Trinajstić information content (AvgIpc) is 2.38. The van der Waals surface area contributed by atoms with E-state index in [1.807, 2.05) is 6.92 Å². The van der Waals surface area contributed by atoms with Crippen molar-refractivity contribution >= 4 is 31.6 Å². The number of nitrogens with one attached hydrogen (secondary N) is 1. The van der Waals surface area contributed by atoms with Crippen LogP contribution in [0.1, 0.15) is 6.92 Å². The molecule has 0 aliphatic carbocycles. The van der Waals surface area contributed by atoms with Crippen molar-refractivity contribution in [3.05, 3.63) is 52.8 Å². The van der Waals surface area contributed by atoms with E-state index in [2.05, 4.69) is 20.7 Å². The first-order valence-electron chi connectivity index (χ1n) is 6.13. The van der Waals surface area contributed by atoms with Crippen LogP contribution in [0.2, 0.25) is 0 Å². The van der Waals surface area contributed by atoms with Crippen molar-refractivity contribution in [1.82, 2.24) is 0 Å². The zero-order chi connectivity index (χ0) is 15.5. The normalized spacial score (nSPS) is 11.2. The van der Waals surface area contributed by atoms with Crippen LogP contribution in [-0.2, 0) is 10.0 Å². The summed E-state index contributed by atoms with van der Waals surface area (Å²) in [5.41, 5.74) is 0.372. The lowest BCUT2D eigenvalue weighted by Gasteiger charge is -2.11. The summed E-state index contributed by atoms with van der Waals surface area (Å²) in [6, 6.07) is 10.0. The molecule has 0 bridgehead atoms. The van der Waals surface area contributed by atoms with Crippen LogP contribution in [0, 0.1) is 5.82 Å². The van der Waals surface area contributed by atoms with Crippen molar-refractivity contribution in [2.24, 2.45) is 0 Å². The van der Waals surface area contributed by atoms with E-state index in [4.69, 9.17) is 4.74 Å². The van der Waals surface area contributed by atoms with Crippen LogP contribution >= 0.6 is 15.9 Å². The molecule has 0 aromatic heterocycles. The van der Waals surface area contributed by atoms with Gasteiger partial charge in [0.15, 0.2) is 0 Å². The van der Waals surface area contributed by atoms with E-state index in [0.717, 1.165) is 12.1 Å². The number of benzene rings is 2. The molecular formula is C14H13BrFNO3S. The summed E-state index contributed by atoms with van der Waals surface area (Å²) >= 11 is 3.05. The fraction of sp³-hybridized carbons (Fsp3) is 0.143. The van der Waals surface area contributed by atoms with E-state index in [-0.39, 0.29) is 9.37 Å². The maximum Gasteiger partial charge on any atom is 0.263 e. The summed E-state index contributed by atoms with van der Waals surface area (Å²) in [4.78, 5) is -0.0364. The van der Waals surface area contributed by atoms with Gasteiger partial charge in [-0.05, 0) is 53.2 Å². The SMILES string of the molecule is CCOc1cccc(NS(=O)(=O)c2ccc(F)cc2Br)c1. The second kappa shape index (κ2) is 6.44. The lowest BCUT2D eigenvalue weighted by molar-refractivity contribution is 0.340. The molecule has 0 unspecified atom stereocenters. The highest BCUT2D eigenvalue weighted by Crippen LogP contribution is 2.26. The van der Waals surface area contributed by atoms with Gasteiger partial charge in [0.1, 0.15) is 16.5 Å². The molecule has 2 aromatic carbocycles. The number of anilines is 1. The van der Waals surface area contributed by atoms with Gasteiger partial charge >= 0.3 is 0 Å². The van der Waals surface area contributed by atoms with Crippen molar-refractivity contribution in [2.45, 2.75) is 11.8 Å². The molecule has 4 nitrogen and oxygen atoms in total. The first kappa shape index (κ1) is 15.8. The molecule has 0 spiro atoms. The number of hydrogen-bond donors (Lipinski definition) is 1. The van der Waals surface area contributed by atoms with Gasteiger partial charge in [-0.2, -0.15) is 0 Å². The van der Waals surface area contributed by atoms with E-state index in [0.29, 0.717) is 18.0 Å². The molecule has 2 rings (SSSR count). The van der Waals surface area contributed by atoms with Crippen molar-refractivity contribution in [3.63, 3.8) is 0 Å². The zero-order valence-electron chi connectivity index (χ0n) is 11.1. The standard InChI is InChI=1S/C14H13BrFNO3S/c1-2-20-12-5-3-4-11(9-12)17-21(18,19)14-7-6-10(16)8-13(14)15/h3-9,17H,2H2,1H3. The minimum absolute atomic E-state index is 0.0364. The first-order valence-corrected chi connectivity index (χ1v) is 8.41. The van der Waals surface area contributed by atoms with Crippen LogP contribution in [0.15, 0.2) is 51.8 Å². The largest absolute Gasteiger partial charge is 0.494 e. The van der Waals surface area contributed by atoms with E-state index >= 15 is 0 Å². The van der Waals surface area contributed by atoms with Gasteiger partial charge in [-0.15, -0.1) is 0 Å². The Labute approximate surface area is 131 Å². The molecule has 0 heterocycles. The third kappa shape index (κ3) is 3.95. The number of sulfonamides is 1. The smallest absolute Gasteiger partial charge is 0.263 e. The summed E-state index contributed by atoms with van der Waals surface area (Å²) in [5, 5.41) is 0. The second-order valence-corrected chi connectivity index (χ2v) is 6.65. The predicted octanol–water partition coefficient (Wildman–Crippen LogP) is 3.79. The van der Waals surface area contributed by atoms with E-state index in [9.17, 15) is 12.8 Å². The van der Waals surface area contributed by atoms with Crippen molar-refractivity contribution < 1.29 is 17.5 Å². The van der Waals surface area contributed by atoms with Gasteiger partial charge in [0, 0.05) is 10.5 Å². The minimum atomic E-state index is -3.81. The Hall–Kier alpha value is -1.60. The summed E-state index contributed by atoms with van der Waals surface area (Å²) in [6.45, 7) is 2.33. The van der Waals surface area contributed by atoms with Crippen LogP contribution in [0.3, 0.4) is 0 Å². The molecule has 7 heteroatoms. The molecule has 1 N–H and O–H groups in total. The van der Waals surface area contributed by atoms with E-state index in [1.165, 1.54) is 6.07 Å². The second-order valence-electron chi connectivity index (χ2n) is 4.14. The molecule has 112 valence electrons. The zero-order valence-corrected chi connectivity index (χ0v) is 13.5. The molecule has 0 saturated carbocycles. The molecule has 0 fully saturated rings. The van der Waals surface area contributed by atoms with Gasteiger partial charge < -0.3 is 4.74 Å². The van der Waals surface area contributed by atoms with Gasteiger partial charge in [0.25, 0.3) is 10.0 Å². The van der Waals surface area contributed by atoms with Crippen LogP contribution < -0.4 is 9.46 Å². The van der Waals surface area contributed by atoms with Crippen LogP contribution in [0.5, 0.6) is 5.75 Å². The summed E-state index contributed by atoms with van der Waals surface area (Å²) in [7, 11) is -3.81. The Morgan fingerprint density at radius 2 is 2.00 bits per heavy atom. The number of halogens is 2. The molecule has 0 saturated heterocycles. The maximum absolute atomic E-state index is 13.0. The van der Waals surface area contributed by atoms with Crippen molar-refractivity contribution in [2.75, 3.05) is 11.3 Å². The quantitative estimate of drug-likeness (QED) is 0.867. The van der Waals surface area contributed by atoms with Crippen LogP contribution in [0.25, 0.3) is 0 Å². The molecule has 21 heavy (non-hydrogen) atoms. The lowest BCUT2D eigenvalue weighted by Crippen LogP contribution is -2.13. The number of ether oxygens (including phenoxy) is 1. The molecule has 0 aliphatic rings. The molecule has 2 aromatic rings. The minimum Gasteiger partial charge on any atom is -0.494 e. The maximum atomic E-state index is 13.0. The van der Waals surface area contributed by atoms with E-state index < -0.39 is 15.8 Å². The van der Waals surface area contributed by atoms with Crippen molar-refractivity contribution in [1.29, 1.82) is 0 Å². The summed E-state index contributed by atoms with van der Waals surface area (Å²) in [6.07, 6.45) is 0. The highest BCUT2D eigenvalue weighted by Gasteiger charge is 2.18. The van der Waals surface area contributed by atoms with Gasteiger partial charge in [-0.25, -0.2) is 12.8 Å². The number of hydrogen-bond acceptors (Lipinski definition) is 3. The average molecular weight is 374 g/mol. The Morgan fingerprint density at radius 1 is 1.24 bits per heavy atom. The highest BCUT2D eigenvalue weighted by atomic mass is 79.9. The number of rotatable bonds is 5. The van der Waals surface area contributed by atoms with Gasteiger partial charge in [-0.1, -0.05) is 6.07 Å². The Kier molecular flexibility index (Phi) is 4.84. The van der Waals surface area contributed by atoms with Crippen LogP contribution in [0.4, 0.5) is 10.1 Å². The Bertz CT molecular complexity index is 750. The molecule has 0 radical (unpaired) electrons. The topological polar surface area (TPSA) is 55.4 Å². The molecule has 0 aliphatic heterocycles. The fourth-order valence-electron chi connectivity index (χ4n) is 1.72. The Balaban J connectivity index is 2.31. The van der Waals surface area contributed by atoms with Gasteiger partial charge in [0.2, 0.25) is 0 Å². The molecular weight excluding hydrogens is 361 g/mol. The molecule has 0 atom stereocenters. The molecule has 0 amide bonds. The third-order valence-electron chi connectivity index (χ3n) is 2.58. The fourth-order valence-corrected chi connectivity index (χ4v) is 3.82. The monoisotopic (exact) mass is 373 g/mol. The van der Waals surface area contributed by atoms with Gasteiger partial charge in [0.05, 0.1) is 12.3 Å².